The van der Waals surface area contributed by atoms with Gasteiger partial charge in [0.05, 0.1) is 18.6 Å². The molecule has 8 heteroatoms. The normalized spacial score (nSPS) is 17.8. The lowest BCUT2D eigenvalue weighted by Gasteiger charge is -2.16. The Morgan fingerprint density at radius 3 is 3.00 bits per heavy atom. The number of carbonyl (C=O) groups is 1. The van der Waals surface area contributed by atoms with Gasteiger partial charge in [-0.2, -0.15) is 4.98 Å². The fourth-order valence-electron chi connectivity index (χ4n) is 2.50. The van der Waals surface area contributed by atoms with E-state index in [2.05, 4.69) is 15.1 Å². The summed E-state index contributed by atoms with van der Waals surface area (Å²) in [5.74, 6) is 1.45. The average molecular weight is 323 g/mol. The van der Waals surface area contributed by atoms with Crippen LogP contribution in [-0.4, -0.2) is 46.1 Å². The van der Waals surface area contributed by atoms with Crippen LogP contribution in [0.3, 0.4) is 0 Å². The Bertz CT molecular complexity index is 703. The van der Waals surface area contributed by atoms with E-state index in [4.69, 9.17) is 20.9 Å². The van der Waals surface area contributed by atoms with Crippen LogP contribution in [0, 0.1) is 6.92 Å². The molecule has 3 rings (SSSR count). The molecule has 0 saturated carbocycles. The van der Waals surface area contributed by atoms with Gasteiger partial charge in [0.15, 0.2) is 5.82 Å². The van der Waals surface area contributed by atoms with Crippen molar-refractivity contribution < 1.29 is 14.1 Å². The Kier molecular flexibility index (Phi) is 3.98. The lowest BCUT2D eigenvalue weighted by atomic mass is 10.1. The van der Waals surface area contributed by atoms with Crippen LogP contribution in [0.25, 0.3) is 0 Å². The van der Waals surface area contributed by atoms with E-state index in [1.807, 2.05) is 0 Å². The predicted molar refractivity (Wildman–Crippen MR) is 78.1 cm³/mol. The van der Waals surface area contributed by atoms with Gasteiger partial charge in [0, 0.05) is 19.3 Å². The fraction of sp³-hybridized carbons (Fsp3) is 0.429. The molecule has 3 heterocycles. The average Bonchev–Trinajstić information content (AvgIpc) is 3.15. The van der Waals surface area contributed by atoms with E-state index < -0.39 is 0 Å². The van der Waals surface area contributed by atoms with Crippen molar-refractivity contribution in [1.82, 2.24) is 20.0 Å². The summed E-state index contributed by atoms with van der Waals surface area (Å²) in [4.78, 5) is 22.5. The van der Waals surface area contributed by atoms with Crippen molar-refractivity contribution in [1.29, 1.82) is 0 Å². The summed E-state index contributed by atoms with van der Waals surface area (Å²) in [7, 11) is 1.48. The Hall–Kier alpha value is -2.15. The Morgan fingerprint density at radius 1 is 1.55 bits per heavy atom. The third kappa shape index (κ3) is 2.76. The van der Waals surface area contributed by atoms with E-state index in [-0.39, 0.29) is 11.8 Å². The van der Waals surface area contributed by atoms with Crippen molar-refractivity contribution in [3.05, 3.63) is 34.6 Å². The molecule has 1 unspecified atom stereocenters. The number of nitrogens with zero attached hydrogens (tertiary/aromatic N) is 4. The van der Waals surface area contributed by atoms with Crippen LogP contribution in [0.5, 0.6) is 5.88 Å². The lowest BCUT2D eigenvalue weighted by molar-refractivity contribution is 0.0789. The van der Waals surface area contributed by atoms with Crippen LogP contribution in [0.1, 0.15) is 34.4 Å². The van der Waals surface area contributed by atoms with Gasteiger partial charge < -0.3 is 14.2 Å². The van der Waals surface area contributed by atoms with E-state index in [0.717, 1.165) is 6.42 Å². The summed E-state index contributed by atoms with van der Waals surface area (Å²) < 4.78 is 10.2. The van der Waals surface area contributed by atoms with Crippen molar-refractivity contribution in [3.63, 3.8) is 0 Å². The molecule has 2 aromatic rings. The maximum Gasteiger partial charge on any atom is 0.255 e. The van der Waals surface area contributed by atoms with Gasteiger partial charge in [-0.25, -0.2) is 4.98 Å². The molecule has 0 aliphatic carbocycles. The smallest absolute Gasteiger partial charge is 0.255 e. The number of rotatable bonds is 3. The Balaban J connectivity index is 1.72. The van der Waals surface area contributed by atoms with E-state index in [1.165, 1.54) is 13.3 Å². The van der Waals surface area contributed by atoms with E-state index in [0.29, 0.717) is 41.3 Å². The first-order chi connectivity index (χ1) is 10.6. The van der Waals surface area contributed by atoms with Crippen molar-refractivity contribution in [3.8, 4) is 5.88 Å². The van der Waals surface area contributed by atoms with Crippen LogP contribution < -0.4 is 4.74 Å². The first-order valence-corrected chi connectivity index (χ1v) is 7.25. The maximum atomic E-state index is 12.5. The largest absolute Gasteiger partial charge is 0.480 e. The molecule has 7 nitrogen and oxygen atoms in total. The molecule has 1 saturated heterocycles. The lowest BCUT2D eigenvalue weighted by Crippen LogP contribution is -2.28. The Labute approximate surface area is 132 Å². The van der Waals surface area contributed by atoms with Crippen molar-refractivity contribution in [2.45, 2.75) is 19.3 Å². The molecular weight excluding hydrogens is 308 g/mol. The zero-order valence-electron chi connectivity index (χ0n) is 12.2. The summed E-state index contributed by atoms with van der Waals surface area (Å²) in [6, 6.07) is 1.57. The SMILES string of the molecule is COc1ncc(C(=O)N2CCC(c3nc(C)no3)C2)cc1Cl. The number of hydrogen-bond acceptors (Lipinski definition) is 6. The van der Waals surface area contributed by atoms with Gasteiger partial charge in [-0.05, 0) is 19.4 Å². The number of amides is 1. The molecular formula is C14H15ClN4O3. The molecule has 116 valence electrons. The van der Waals surface area contributed by atoms with Gasteiger partial charge in [-0.3, -0.25) is 4.79 Å². The van der Waals surface area contributed by atoms with E-state index >= 15 is 0 Å². The highest BCUT2D eigenvalue weighted by atomic mass is 35.5. The molecule has 1 aliphatic heterocycles. The van der Waals surface area contributed by atoms with Gasteiger partial charge >= 0.3 is 0 Å². The first-order valence-electron chi connectivity index (χ1n) is 6.87. The van der Waals surface area contributed by atoms with Crippen molar-refractivity contribution >= 4 is 17.5 Å². The quantitative estimate of drug-likeness (QED) is 0.860. The summed E-state index contributed by atoms with van der Waals surface area (Å²) in [5, 5.41) is 4.11. The molecule has 0 spiro atoms. The molecule has 1 fully saturated rings. The molecule has 0 aromatic carbocycles. The molecule has 1 amide bonds. The van der Waals surface area contributed by atoms with Gasteiger partial charge in [0.25, 0.3) is 5.91 Å². The van der Waals surface area contributed by atoms with Gasteiger partial charge in [0.1, 0.15) is 5.02 Å². The fourth-order valence-corrected chi connectivity index (χ4v) is 2.74. The number of carbonyl (C=O) groups excluding carboxylic acids is 1. The third-order valence-corrected chi connectivity index (χ3v) is 3.89. The van der Waals surface area contributed by atoms with Crippen LogP contribution in [0.2, 0.25) is 5.02 Å². The van der Waals surface area contributed by atoms with Crippen molar-refractivity contribution in [2.24, 2.45) is 0 Å². The molecule has 0 N–H and O–H groups in total. The monoisotopic (exact) mass is 322 g/mol. The number of aromatic nitrogens is 3. The second-order valence-electron chi connectivity index (χ2n) is 5.13. The molecule has 0 bridgehead atoms. The van der Waals surface area contributed by atoms with Crippen LogP contribution >= 0.6 is 11.6 Å². The predicted octanol–water partition coefficient (Wildman–Crippen LogP) is 2.06. The number of methoxy groups -OCH3 is 1. The molecule has 2 aromatic heterocycles. The molecule has 0 radical (unpaired) electrons. The van der Waals surface area contributed by atoms with Crippen LogP contribution in [-0.2, 0) is 0 Å². The number of likely N-dealkylation sites (tertiary alicyclic amines) is 1. The van der Waals surface area contributed by atoms with E-state index in [1.54, 1.807) is 17.9 Å². The highest BCUT2D eigenvalue weighted by Gasteiger charge is 2.31. The van der Waals surface area contributed by atoms with Gasteiger partial charge in [-0.15, -0.1) is 0 Å². The standard InChI is InChI=1S/C14H15ClN4O3/c1-8-17-12(22-18-8)9-3-4-19(7-9)14(20)10-5-11(15)13(21-2)16-6-10/h5-6,9H,3-4,7H2,1-2H3. The van der Waals surface area contributed by atoms with Crippen LogP contribution in [0.15, 0.2) is 16.8 Å². The molecule has 1 aliphatic rings. The van der Waals surface area contributed by atoms with Gasteiger partial charge in [0.2, 0.25) is 11.8 Å². The molecule has 22 heavy (non-hydrogen) atoms. The first kappa shape index (κ1) is 14.8. The highest BCUT2D eigenvalue weighted by Crippen LogP contribution is 2.28. The second kappa shape index (κ2) is 5.92. The van der Waals surface area contributed by atoms with Gasteiger partial charge in [-0.1, -0.05) is 16.8 Å². The topological polar surface area (TPSA) is 81.4 Å². The third-order valence-electron chi connectivity index (χ3n) is 3.62. The summed E-state index contributed by atoms with van der Waals surface area (Å²) in [5.41, 5.74) is 0.438. The Morgan fingerprint density at radius 2 is 2.36 bits per heavy atom. The summed E-state index contributed by atoms with van der Waals surface area (Å²) in [6.45, 7) is 2.95. The van der Waals surface area contributed by atoms with E-state index in [9.17, 15) is 4.79 Å². The number of halogens is 1. The molecule has 1 atom stereocenters. The number of aryl methyl sites for hydroxylation is 1. The number of hydrogen-bond donors (Lipinski definition) is 0. The maximum absolute atomic E-state index is 12.5. The summed E-state index contributed by atoms with van der Waals surface area (Å²) in [6.07, 6.45) is 2.27. The second-order valence-corrected chi connectivity index (χ2v) is 5.54. The zero-order valence-corrected chi connectivity index (χ0v) is 13.0. The minimum Gasteiger partial charge on any atom is -0.480 e. The zero-order chi connectivity index (χ0) is 15.7. The number of pyridine rings is 1. The minimum atomic E-state index is -0.115. The van der Waals surface area contributed by atoms with Crippen LogP contribution in [0.4, 0.5) is 0 Å². The number of ether oxygens (including phenoxy) is 1. The highest BCUT2D eigenvalue weighted by molar-refractivity contribution is 6.32. The van der Waals surface area contributed by atoms with Crippen molar-refractivity contribution in [2.75, 3.05) is 20.2 Å². The summed E-state index contributed by atoms with van der Waals surface area (Å²) >= 11 is 6.02. The minimum absolute atomic E-state index is 0.0758.